The molecule has 158 valence electrons. The second-order valence-electron chi connectivity index (χ2n) is 7.75. The molecule has 7 nitrogen and oxygen atoms in total. The lowest BCUT2D eigenvalue weighted by molar-refractivity contribution is -0.129. The van der Waals surface area contributed by atoms with E-state index in [1.807, 2.05) is 47.4 Å². The molecule has 0 atom stereocenters. The van der Waals surface area contributed by atoms with Crippen molar-refractivity contribution in [1.82, 2.24) is 19.8 Å². The molecule has 8 heteroatoms. The van der Waals surface area contributed by atoms with E-state index in [1.165, 1.54) is 0 Å². The second kappa shape index (κ2) is 8.17. The van der Waals surface area contributed by atoms with Crippen molar-refractivity contribution in [2.24, 2.45) is 0 Å². The summed E-state index contributed by atoms with van der Waals surface area (Å²) >= 11 is 6.07. The first-order chi connectivity index (χ1) is 15.1. The minimum Gasteiger partial charge on any atom is -0.488 e. The topological polar surface area (TPSA) is 84.6 Å². The van der Waals surface area contributed by atoms with Crippen LogP contribution in [0.25, 0.3) is 17.0 Å². The molecule has 31 heavy (non-hydrogen) atoms. The van der Waals surface area contributed by atoms with Gasteiger partial charge in [0.2, 0.25) is 0 Å². The number of halogens is 1. The smallest absolute Gasteiger partial charge is 0.253 e. The number of nitrogens with zero attached hydrogens (tertiary/aromatic N) is 4. The molecular formula is C23H22ClN5O2. The zero-order chi connectivity index (χ0) is 21.4. The molecule has 0 spiro atoms. The predicted molar refractivity (Wildman–Crippen MR) is 121 cm³/mol. The summed E-state index contributed by atoms with van der Waals surface area (Å²) in [6.45, 7) is 3.66. The fourth-order valence-electron chi connectivity index (χ4n) is 4.01. The van der Waals surface area contributed by atoms with Gasteiger partial charge in [-0.15, -0.1) is 0 Å². The number of aromatic nitrogens is 2. The van der Waals surface area contributed by atoms with Gasteiger partial charge >= 0.3 is 0 Å². The van der Waals surface area contributed by atoms with Crippen LogP contribution in [0.3, 0.4) is 0 Å². The number of anilines is 1. The van der Waals surface area contributed by atoms with E-state index >= 15 is 0 Å². The molecule has 1 fully saturated rings. The predicted octanol–water partition coefficient (Wildman–Crippen LogP) is 2.99. The summed E-state index contributed by atoms with van der Waals surface area (Å²) in [4.78, 5) is 26.2. The van der Waals surface area contributed by atoms with Crippen LogP contribution in [0.1, 0.15) is 11.4 Å². The van der Waals surface area contributed by atoms with Crippen molar-refractivity contribution < 1.29 is 9.53 Å². The van der Waals surface area contributed by atoms with Crippen molar-refractivity contribution in [3.05, 3.63) is 64.4 Å². The number of nitrogen functional groups attached to an aromatic ring is 1. The maximum Gasteiger partial charge on any atom is 0.253 e. The summed E-state index contributed by atoms with van der Waals surface area (Å²) in [5, 5.41) is 1.49. The second-order valence-corrected chi connectivity index (χ2v) is 8.19. The number of fused-ring (bicyclic) bond motifs is 2. The number of hydrogen-bond donors (Lipinski definition) is 1. The molecule has 2 aromatic carbocycles. The van der Waals surface area contributed by atoms with Crippen LogP contribution in [0.15, 0.2) is 48.0 Å². The molecule has 0 bridgehead atoms. The Morgan fingerprint density at radius 3 is 2.74 bits per heavy atom. The molecule has 3 heterocycles. The summed E-state index contributed by atoms with van der Waals surface area (Å²) in [6.07, 6.45) is 1.88. The Labute approximate surface area is 185 Å². The van der Waals surface area contributed by atoms with Crippen molar-refractivity contribution in [3.8, 4) is 5.75 Å². The first-order valence-corrected chi connectivity index (χ1v) is 10.6. The number of nitrogens with two attached hydrogens (primary N) is 1. The van der Waals surface area contributed by atoms with E-state index in [2.05, 4.69) is 14.9 Å². The maximum atomic E-state index is 13.0. The number of para-hydroxylation sites is 1. The van der Waals surface area contributed by atoms with Gasteiger partial charge in [-0.05, 0) is 36.4 Å². The number of rotatable bonds is 3. The van der Waals surface area contributed by atoms with E-state index < -0.39 is 0 Å². The molecule has 0 saturated carbocycles. The van der Waals surface area contributed by atoms with Crippen LogP contribution in [0.2, 0.25) is 5.02 Å². The summed E-state index contributed by atoms with van der Waals surface area (Å²) < 4.78 is 5.74. The highest BCUT2D eigenvalue weighted by Crippen LogP contribution is 2.29. The third-order valence-electron chi connectivity index (χ3n) is 5.66. The number of amides is 1. The largest absolute Gasteiger partial charge is 0.488 e. The molecule has 2 aliphatic rings. The van der Waals surface area contributed by atoms with Gasteiger partial charge in [0.25, 0.3) is 5.91 Å². The van der Waals surface area contributed by atoms with Crippen LogP contribution in [0.5, 0.6) is 5.75 Å². The van der Waals surface area contributed by atoms with Crippen molar-refractivity contribution in [1.29, 1.82) is 0 Å². The Balaban J connectivity index is 1.23. The van der Waals surface area contributed by atoms with E-state index in [1.54, 1.807) is 6.07 Å². The van der Waals surface area contributed by atoms with Gasteiger partial charge in [0, 0.05) is 42.2 Å². The zero-order valence-corrected chi connectivity index (χ0v) is 17.7. The Bertz CT molecular complexity index is 1190. The highest BCUT2D eigenvalue weighted by molar-refractivity contribution is 6.30. The number of benzene rings is 2. The van der Waals surface area contributed by atoms with Crippen molar-refractivity contribution >= 4 is 40.3 Å². The lowest BCUT2D eigenvalue weighted by atomic mass is 10.1. The number of hydrogen-bond acceptors (Lipinski definition) is 6. The number of carbonyl (C=O) groups excluding carboxylic acids is 1. The van der Waals surface area contributed by atoms with Crippen LogP contribution in [0, 0.1) is 0 Å². The molecule has 0 radical (unpaired) electrons. The van der Waals surface area contributed by atoms with Crippen molar-refractivity contribution in [2.75, 3.05) is 38.5 Å². The number of piperazine rings is 1. The standard InChI is InChI=1S/C23H22ClN5O2/c24-17-5-6-20-15(12-17)11-16(14-31-20)23(30)29-9-7-28(8-10-29)13-21-26-19-4-2-1-3-18(19)22(25)27-21/h1-6,11-12H,7-10,13-14H2,(H2,25,26,27). The molecular weight excluding hydrogens is 414 g/mol. The molecule has 1 aromatic heterocycles. The fourth-order valence-corrected chi connectivity index (χ4v) is 4.19. The van der Waals surface area contributed by atoms with Gasteiger partial charge in [-0.1, -0.05) is 23.7 Å². The van der Waals surface area contributed by atoms with Crippen LogP contribution < -0.4 is 10.5 Å². The monoisotopic (exact) mass is 435 g/mol. The Hall–Kier alpha value is -3.16. The summed E-state index contributed by atoms with van der Waals surface area (Å²) in [5.41, 5.74) is 8.44. The average molecular weight is 436 g/mol. The minimum absolute atomic E-state index is 0.0106. The lowest BCUT2D eigenvalue weighted by Gasteiger charge is -2.35. The van der Waals surface area contributed by atoms with Gasteiger partial charge in [-0.2, -0.15) is 0 Å². The van der Waals surface area contributed by atoms with Gasteiger partial charge < -0.3 is 15.4 Å². The van der Waals surface area contributed by atoms with E-state index in [9.17, 15) is 4.79 Å². The van der Waals surface area contributed by atoms with Crippen LogP contribution in [0.4, 0.5) is 5.82 Å². The zero-order valence-electron chi connectivity index (χ0n) is 16.9. The van der Waals surface area contributed by atoms with Crippen LogP contribution in [-0.4, -0.2) is 58.5 Å². The minimum atomic E-state index is 0.0106. The molecule has 0 unspecified atom stereocenters. The average Bonchev–Trinajstić information content (AvgIpc) is 2.78. The van der Waals surface area contributed by atoms with Crippen molar-refractivity contribution in [3.63, 3.8) is 0 Å². The van der Waals surface area contributed by atoms with E-state index in [0.29, 0.717) is 41.9 Å². The fraction of sp³-hybridized carbons (Fsp3) is 0.261. The third-order valence-corrected chi connectivity index (χ3v) is 5.90. The molecule has 2 aliphatic heterocycles. The quantitative estimate of drug-likeness (QED) is 0.680. The lowest BCUT2D eigenvalue weighted by Crippen LogP contribution is -2.49. The summed E-state index contributed by atoms with van der Waals surface area (Å²) in [5.74, 6) is 1.96. The number of ether oxygens (including phenoxy) is 1. The Morgan fingerprint density at radius 2 is 1.90 bits per heavy atom. The maximum absolute atomic E-state index is 13.0. The molecule has 1 amide bonds. The first kappa shape index (κ1) is 19.8. The molecule has 2 N–H and O–H groups in total. The van der Waals surface area contributed by atoms with Gasteiger partial charge in [-0.25, -0.2) is 9.97 Å². The summed E-state index contributed by atoms with van der Waals surface area (Å²) in [6, 6.07) is 13.2. The SMILES string of the molecule is Nc1nc(CN2CCN(C(=O)C3=Cc4cc(Cl)ccc4OC3)CC2)nc2ccccc12. The molecule has 0 aliphatic carbocycles. The van der Waals surface area contributed by atoms with E-state index in [4.69, 9.17) is 22.1 Å². The first-order valence-electron chi connectivity index (χ1n) is 10.2. The Morgan fingerprint density at radius 1 is 1.10 bits per heavy atom. The van der Waals surface area contributed by atoms with Crippen LogP contribution in [-0.2, 0) is 11.3 Å². The highest BCUT2D eigenvalue weighted by Gasteiger charge is 2.26. The molecule has 3 aromatic rings. The number of carbonyl (C=O) groups is 1. The van der Waals surface area contributed by atoms with E-state index in [0.717, 1.165) is 35.3 Å². The van der Waals surface area contributed by atoms with Gasteiger partial charge in [0.15, 0.2) is 0 Å². The highest BCUT2D eigenvalue weighted by atomic mass is 35.5. The van der Waals surface area contributed by atoms with Gasteiger partial charge in [0.05, 0.1) is 17.6 Å². The summed E-state index contributed by atoms with van der Waals surface area (Å²) in [7, 11) is 0. The van der Waals surface area contributed by atoms with Gasteiger partial charge in [0.1, 0.15) is 24.0 Å². The van der Waals surface area contributed by atoms with Gasteiger partial charge in [-0.3, -0.25) is 9.69 Å². The van der Waals surface area contributed by atoms with Crippen molar-refractivity contribution in [2.45, 2.75) is 6.54 Å². The van der Waals surface area contributed by atoms with Crippen LogP contribution >= 0.6 is 11.6 Å². The normalized spacial score (nSPS) is 16.5. The third kappa shape index (κ3) is 4.06. The Kier molecular flexibility index (Phi) is 5.21. The molecule has 1 saturated heterocycles. The van der Waals surface area contributed by atoms with E-state index in [-0.39, 0.29) is 12.5 Å². The molecule has 5 rings (SSSR count).